The fourth-order valence-corrected chi connectivity index (χ4v) is 1.79. The molecular weight excluding hydrogens is 246 g/mol. The van der Waals surface area contributed by atoms with Gasteiger partial charge in [0.05, 0.1) is 5.56 Å². The molecule has 0 atom stereocenters. The fourth-order valence-electron chi connectivity index (χ4n) is 1.62. The quantitative estimate of drug-likeness (QED) is 0.714. The zero-order valence-corrected chi connectivity index (χ0v) is 9.59. The van der Waals surface area contributed by atoms with Crippen LogP contribution < -0.4 is 0 Å². The van der Waals surface area contributed by atoms with Crippen LogP contribution in [0.25, 0.3) is 11.1 Å². The van der Waals surface area contributed by atoms with Gasteiger partial charge in [-0.1, -0.05) is 11.6 Å². The third kappa shape index (κ3) is 1.90. The Morgan fingerprint density at radius 3 is 2.59 bits per heavy atom. The molecule has 0 spiro atoms. The van der Waals surface area contributed by atoms with Gasteiger partial charge in [0.2, 0.25) is 0 Å². The van der Waals surface area contributed by atoms with Gasteiger partial charge in [-0.3, -0.25) is 0 Å². The van der Waals surface area contributed by atoms with Crippen LogP contribution in [0.3, 0.4) is 0 Å². The van der Waals surface area contributed by atoms with Crippen molar-refractivity contribution in [1.29, 1.82) is 5.26 Å². The molecule has 0 aliphatic heterocycles. The predicted molar refractivity (Wildman–Crippen MR) is 60.5 cm³/mol. The predicted octanol–water partition coefficient (Wildman–Crippen LogP) is 3.50. The lowest BCUT2D eigenvalue weighted by atomic mass is 10.0. The SMILES string of the molecule is Cn1cc(C#N)c(-c2ccc(F)c(Cl)c2F)c1. The topological polar surface area (TPSA) is 28.7 Å². The van der Waals surface area contributed by atoms with Gasteiger partial charge in [0.1, 0.15) is 16.9 Å². The summed E-state index contributed by atoms with van der Waals surface area (Å²) in [6.07, 6.45) is 3.15. The van der Waals surface area contributed by atoms with E-state index in [0.717, 1.165) is 6.07 Å². The normalized spacial score (nSPS) is 10.3. The van der Waals surface area contributed by atoms with Crippen LogP contribution in [0.1, 0.15) is 5.56 Å². The van der Waals surface area contributed by atoms with Crippen molar-refractivity contribution in [3.8, 4) is 17.2 Å². The second kappa shape index (κ2) is 4.19. The van der Waals surface area contributed by atoms with Crippen LogP contribution in [-0.4, -0.2) is 4.57 Å². The average molecular weight is 253 g/mol. The summed E-state index contributed by atoms with van der Waals surface area (Å²) in [5.41, 5.74) is 0.831. The van der Waals surface area contributed by atoms with Gasteiger partial charge in [0.15, 0.2) is 5.82 Å². The number of rotatable bonds is 1. The summed E-state index contributed by atoms with van der Waals surface area (Å²) in [4.78, 5) is 0. The molecular formula is C12H7ClF2N2. The van der Waals surface area contributed by atoms with Crippen molar-refractivity contribution in [2.75, 3.05) is 0 Å². The van der Waals surface area contributed by atoms with Crippen molar-refractivity contribution in [3.05, 3.63) is 46.7 Å². The number of halogens is 3. The van der Waals surface area contributed by atoms with Crippen molar-refractivity contribution < 1.29 is 8.78 Å². The van der Waals surface area contributed by atoms with Crippen LogP contribution in [0.15, 0.2) is 24.5 Å². The smallest absolute Gasteiger partial charge is 0.152 e. The lowest BCUT2D eigenvalue weighted by molar-refractivity contribution is 0.586. The second-order valence-electron chi connectivity index (χ2n) is 3.59. The molecule has 0 saturated carbocycles. The van der Waals surface area contributed by atoms with Crippen molar-refractivity contribution in [1.82, 2.24) is 4.57 Å². The first-order chi connectivity index (χ1) is 8.04. The van der Waals surface area contributed by atoms with Crippen LogP contribution in [0.2, 0.25) is 5.02 Å². The molecule has 0 radical (unpaired) electrons. The maximum Gasteiger partial charge on any atom is 0.152 e. The van der Waals surface area contributed by atoms with Crippen LogP contribution in [0.5, 0.6) is 0 Å². The molecule has 0 fully saturated rings. The van der Waals surface area contributed by atoms with Gasteiger partial charge in [-0.25, -0.2) is 8.78 Å². The highest BCUT2D eigenvalue weighted by Gasteiger charge is 2.16. The summed E-state index contributed by atoms with van der Waals surface area (Å²) in [7, 11) is 1.72. The Morgan fingerprint density at radius 2 is 1.94 bits per heavy atom. The largest absolute Gasteiger partial charge is 0.355 e. The summed E-state index contributed by atoms with van der Waals surface area (Å²) >= 11 is 5.50. The van der Waals surface area contributed by atoms with E-state index in [4.69, 9.17) is 16.9 Å². The standard InChI is InChI=1S/C12H7ClF2N2/c1-17-5-7(4-16)9(6-17)8-2-3-10(14)11(13)12(8)15/h2-3,5-6H,1H3. The molecule has 1 aromatic carbocycles. The van der Waals surface area contributed by atoms with Gasteiger partial charge in [0, 0.05) is 30.6 Å². The van der Waals surface area contributed by atoms with Gasteiger partial charge in [-0.15, -0.1) is 0 Å². The molecule has 86 valence electrons. The summed E-state index contributed by atoms with van der Waals surface area (Å²) in [6.45, 7) is 0. The lowest BCUT2D eigenvalue weighted by Crippen LogP contribution is -1.89. The van der Waals surface area contributed by atoms with E-state index in [1.54, 1.807) is 24.0 Å². The highest BCUT2D eigenvalue weighted by molar-refractivity contribution is 6.31. The van der Waals surface area contributed by atoms with Gasteiger partial charge >= 0.3 is 0 Å². The first kappa shape index (κ1) is 11.6. The summed E-state index contributed by atoms with van der Waals surface area (Å²) in [5, 5.41) is 8.36. The Hall–Kier alpha value is -1.86. The molecule has 0 aliphatic rings. The van der Waals surface area contributed by atoms with E-state index < -0.39 is 16.7 Å². The Bertz CT molecular complexity index is 626. The van der Waals surface area contributed by atoms with Crippen LogP contribution in [-0.2, 0) is 7.05 Å². The van der Waals surface area contributed by atoms with Crippen molar-refractivity contribution >= 4 is 11.6 Å². The molecule has 0 bridgehead atoms. The van der Waals surface area contributed by atoms with E-state index >= 15 is 0 Å². The molecule has 0 unspecified atom stereocenters. The third-order valence-corrected chi connectivity index (χ3v) is 2.75. The zero-order chi connectivity index (χ0) is 12.6. The van der Waals surface area contributed by atoms with Crippen molar-refractivity contribution in [3.63, 3.8) is 0 Å². The maximum absolute atomic E-state index is 13.8. The van der Waals surface area contributed by atoms with Gasteiger partial charge in [-0.2, -0.15) is 5.26 Å². The first-order valence-corrected chi connectivity index (χ1v) is 5.12. The molecule has 2 nitrogen and oxygen atoms in total. The fraction of sp³-hybridized carbons (Fsp3) is 0.0833. The number of nitriles is 1. The average Bonchev–Trinajstić information content (AvgIpc) is 2.67. The van der Waals surface area contributed by atoms with E-state index in [1.807, 2.05) is 6.07 Å². The summed E-state index contributed by atoms with van der Waals surface area (Å²) in [5.74, 6) is -1.67. The number of hydrogen-bond donors (Lipinski definition) is 0. The second-order valence-corrected chi connectivity index (χ2v) is 3.96. The Kier molecular flexibility index (Phi) is 2.86. The molecule has 2 rings (SSSR count). The minimum atomic E-state index is -0.852. The highest BCUT2D eigenvalue weighted by atomic mass is 35.5. The Labute approximate surface area is 102 Å². The summed E-state index contributed by atoms with van der Waals surface area (Å²) in [6, 6.07) is 4.30. The monoisotopic (exact) mass is 252 g/mol. The number of aromatic nitrogens is 1. The number of nitrogens with zero attached hydrogens (tertiary/aromatic N) is 2. The number of aryl methyl sites for hydroxylation is 1. The molecule has 1 heterocycles. The minimum absolute atomic E-state index is 0.119. The molecule has 17 heavy (non-hydrogen) atoms. The van der Waals surface area contributed by atoms with Gasteiger partial charge in [0.25, 0.3) is 0 Å². The maximum atomic E-state index is 13.8. The van der Waals surface area contributed by atoms with E-state index in [1.165, 1.54) is 6.07 Å². The number of benzene rings is 1. The molecule has 0 aliphatic carbocycles. The van der Waals surface area contributed by atoms with Crippen LogP contribution in [0.4, 0.5) is 8.78 Å². The lowest BCUT2D eigenvalue weighted by Gasteiger charge is -2.03. The molecule has 1 aromatic heterocycles. The highest BCUT2D eigenvalue weighted by Crippen LogP contribution is 2.31. The van der Waals surface area contributed by atoms with E-state index in [0.29, 0.717) is 11.1 Å². The van der Waals surface area contributed by atoms with Gasteiger partial charge in [-0.05, 0) is 12.1 Å². The van der Waals surface area contributed by atoms with E-state index in [9.17, 15) is 8.78 Å². The molecule has 0 saturated heterocycles. The third-order valence-electron chi connectivity index (χ3n) is 2.40. The molecule has 0 amide bonds. The van der Waals surface area contributed by atoms with Gasteiger partial charge < -0.3 is 4.57 Å². The van der Waals surface area contributed by atoms with Crippen LogP contribution >= 0.6 is 11.6 Å². The molecule has 2 aromatic rings. The molecule has 0 N–H and O–H groups in total. The van der Waals surface area contributed by atoms with E-state index in [-0.39, 0.29) is 5.56 Å². The Morgan fingerprint density at radius 1 is 1.24 bits per heavy atom. The van der Waals surface area contributed by atoms with Crippen molar-refractivity contribution in [2.24, 2.45) is 7.05 Å². The van der Waals surface area contributed by atoms with Crippen LogP contribution in [0, 0.1) is 23.0 Å². The van der Waals surface area contributed by atoms with Crippen molar-refractivity contribution in [2.45, 2.75) is 0 Å². The summed E-state index contributed by atoms with van der Waals surface area (Å²) < 4.78 is 28.4. The number of hydrogen-bond acceptors (Lipinski definition) is 1. The minimum Gasteiger partial charge on any atom is -0.355 e. The zero-order valence-electron chi connectivity index (χ0n) is 8.84. The Balaban J connectivity index is 2.69. The molecule has 5 heteroatoms. The van der Waals surface area contributed by atoms with E-state index in [2.05, 4.69) is 0 Å². The first-order valence-electron chi connectivity index (χ1n) is 4.74.